The number of carbonyl (C=O) groups excluding carboxylic acids is 2. The summed E-state index contributed by atoms with van der Waals surface area (Å²) in [5.74, 6) is -0.138. The summed E-state index contributed by atoms with van der Waals surface area (Å²) >= 11 is 0. The quantitative estimate of drug-likeness (QED) is 0.787. The molecule has 1 spiro atoms. The molecule has 6 heteroatoms. The molecule has 1 saturated carbocycles. The molecular formula is C12H16N4O2. The van der Waals surface area contributed by atoms with Crippen molar-refractivity contribution in [3.05, 3.63) is 18.0 Å². The number of nitrogens with one attached hydrogen (secondary N) is 1. The van der Waals surface area contributed by atoms with E-state index in [1.807, 2.05) is 19.3 Å². The van der Waals surface area contributed by atoms with Gasteiger partial charge in [0.15, 0.2) is 0 Å². The Morgan fingerprint density at radius 1 is 1.39 bits per heavy atom. The lowest BCUT2D eigenvalue weighted by atomic mass is 9.96. The second kappa shape index (κ2) is 3.83. The Bertz CT molecular complexity index is 502. The summed E-state index contributed by atoms with van der Waals surface area (Å²) in [7, 11) is 1.84. The summed E-state index contributed by atoms with van der Waals surface area (Å²) in [5, 5.41) is 6.71. The van der Waals surface area contributed by atoms with E-state index in [9.17, 15) is 9.59 Å². The maximum atomic E-state index is 12.0. The van der Waals surface area contributed by atoms with Crippen LogP contribution in [0.3, 0.4) is 0 Å². The molecule has 1 saturated heterocycles. The van der Waals surface area contributed by atoms with Crippen LogP contribution in [-0.2, 0) is 18.4 Å². The summed E-state index contributed by atoms with van der Waals surface area (Å²) in [4.78, 5) is 25.6. The Morgan fingerprint density at radius 3 is 2.72 bits per heavy atom. The van der Waals surface area contributed by atoms with Gasteiger partial charge in [0.1, 0.15) is 5.54 Å². The van der Waals surface area contributed by atoms with E-state index in [1.54, 1.807) is 9.58 Å². The van der Waals surface area contributed by atoms with Crippen LogP contribution in [0.5, 0.6) is 0 Å². The zero-order chi connectivity index (χ0) is 12.8. The molecule has 2 fully saturated rings. The molecule has 1 aliphatic heterocycles. The third-order valence-electron chi connectivity index (χ3n) is 3.92. The van der Waals surface area contributed by atoms with Crippen molar-refractivity contribution >= 4 is 11.9 Å². The Labute approximate surface area is 105 Å². The molecular weight excluding hydrogens is 232 g/mol. The maximum Gasteiger partial charge on any atom is 0.325 e. The third kappa shape index (κ3) is 1.52. The molecule has 0 unspecified atom stereocenters. The maximum absolute atomic E-state index is 12.0. The first-order chi connectivity index (χ1) is 8.62. The van der Waals surface area contributed by atoms with Crippen molar-refractivity contribution in [3.63, 3.8) is 0 Å². The normalized spacial score (nSPS) is 21.9. The van der Waals surface area contributed by atoms with Crippen LogP contribution >= 0.6 is 0 Å². The number of imide groups is 1. The lowest BCUT2D eigenvalue weighted by Gasteiger charge is -2.30. The van der Waals surface area contributed by atoms with E-state index >= 15 is 0 Å². The average molecular weight is 248 g/mol. The van der Waals surface area contributed by atoms with Crippen LogP contribution in [0.4, 0.5) is 4.79 Å². The molecule has 0 atom stereocenters. The van der Waals surface area contributed by atoms with Crippen LogP contribution in [0, 0.1) is 0 Å². The smallest absolute Gasteiger partial charge is 0.304 e. The Morgan fingerprint density at radius 2 is 2.11 bits per heavy atom. The molecule has 2 heterocycles. The zero-order valence-electron chi connectivity index (χ0n) is 10.3. The molecule has 18 heavy (non-hydrogen) atoms. The van der Waals surface area contributed by atoms with Gasteiger partial charge in [-0.15, -0.1) is 0 Å². The molecule has 96 valence electrons. The van der Waals surface area contributed by atoms with E-state index in [2.05, 4.69) is 10.4 Å². The highest BCUT2D eigenvalue weighted by atomic mass is 16.2. The van der Waals surface area contributed by atoms with Crippen LogP contribution in [0.1, 0.15) is 31.4 Å². The molecule has 1 aliphatic carbocycles. The van der Waals surface area contributed by atoms with Gasteiger partial charge in [-0.2, -0.15) is 5.10 Å². The summed E-state index contributed by atoms with van der Waals surface area (Å²) in [6, 6.07) is 1.59. The molecule has 1 aromatic rings. The van der Waals surface area contributed by atoms with Gasteiger partial charge in [0.25, 0.3) is 5.91 Å². The van der Waals surface area contributed by atoms with Crippen molar-refractivity contribution in [3.8, 4) is 0 Å². The van der Waals surface area contributed by atoms with E-state index in [1.165, 1.54) is 0 Å². The molecule has 2 aliphatic rings. The average Bonchev–Trinajstić information content (AvgIpc) is 2.99. The van der Waals surface area contributed by atoms with Crippen LogP contribution in [0.25, 0.3) is 0 Å². The van der Waals surface area contributed by atoms with Crippen molar-refractivity contribution in [2.75, 3.05) is 0 Å². The van der Waals surface area contributed by atoms with Gasteiger partial charge in [0.2, 0.25) is 0 Å². The van der Waals surface area contributed by atoms with Gasteiger partial charge in [0, 0.05) is 13.2 Å². The molecule has 0 radical (unpaired) electrons. The monoisotopic (exact) mass is 248 g/mol. The van der Waals surface area contributed by atoms with Crippen molar-refractivity contribution in [1.82, 2.24) is 20.0 Å². The molecule has 1 N–H and O–H groups in total. The standard InChI is InChI=1S/C12H16N4O2/c1-15-7-4-9(14-15)8-16-11(18)13-10(17)12(16)5-2-3-6-12/h4,7H,2-3,5-6,8H2,1H3,(H,13,17,18). The minimum Gasteiger partial charge on any atom is -0.304 e. The van der Waals surface area contributed by atoms with Crippen LogP contribution in [0.15, 0.2) is 12.3 Å². The first kappa shape index (κ1) is 11.3. The predicted octanol–water partition coefficient (Wildman–Crippen LogP) is 0.785. The SMILES string of the molecule is Cn1ccc(CN2C(=O)NC(=O)C23CCCC3)n1. The molecule has 0 bridgehead atoms. The first-order valence-corrected chi connectivity index (χ1v) is 6.23. The molecule has 0 aromatic carbocycles. The number of hydrogen-bond donors (Lipinski definition) is 1. The molecule has 3 amide bonds. The second-order valence-electron chi connectivity index (χ2n) is 5.06. The number of urea groups is 1. The second-order valence-corrected chi connectivity index (χ2v) is 5.06. The van der Waals surface area contributed by atoms with E-state index < -0.39 is 5.54 Å². The summed E-state index contributed by atoms with van der Waals surface area (Å²) < 4.78 is 1.70. The van der Waals surface area contributed by atoms with Gasteiger partial charge in [-0.1, -0.05) is 12.8 Å². The number of rotatable bonds is 2. The van der Waals surface area contributed by atoms with Gasteiger partial charge in [-0.3, -0.25) is 14.8 Å². The summed E-state index contributed by atoms with van der Waals surface area (Å²) in [6.45, 7) is 0.401. The molecule has 6 nitrogen and oxygen atoms in total. The van der Waals surface area contributed by atoms with Crippen molar-refractivity contribution < 1.29 is 9.59 Å². The van der Waals surface area contributed by atoms with Gasteiger partial charge in [-0.05, 0) is 18.9 Å². The van der Waals surface area contributed by atoms with Gasteiger partial charge < -0.3 is 4.90 Å². The van der Waals surface area contributed by atoms with Gasteiger partial charge in [-0.25, -0.2) is 4.79 Å². The predicted molar refractivity (Wildman–Crippen MR) is 63.5 cm³/mol. The van der Waals surface area contributed by atoms with Crippen molar-refractivity contribution in [2.45, 2.75) is 37.8 Å². The summed E-state index contributed by atoms with van der Waals surface area (Å²) in [5.41, 5.74) is 0.197. The fraction of sp³-hybridized carbons (Fsp3) is 0.583. The third-order valence-corrected chi connectivity index (χ3v) is 3.92. The Hall–Kier alpha value is -1.85. The lowest BCUT2D eigenvalue weighted by molar-refractivity contribution is -0.126. The number of aryl methyl sites for hydroxylation is 1. The van der Waals surface area contributed by atoms with Crippen molar-refractivity contribution in [2.24, 2.45) is 7.05 Å². The first-order valence-electron chi connectivity index (χ1n) is 6.23. The fourth-order valence-corrected chi connectivity index (χ4v) is 2.99. The number of amides is 3. The molecule has 1 aromatic heterocycles. The molecule has 3 rings (SSSR count). The highest BCUT2D eigenvalue weighted by Crippen LogP contribution is 2.39. The van der Waals surface area contributed by atoms with Crippen LogP contribution < -0.4 is 5.32 Å². The number of carbonyl (C=O) groups is 2. The minimum absolute atomic E-state index is 0.138. The van der Waals surface area contributed by atoms with Crippen LogP contribution in [0.2, 0.25) is 0 Å². The van der Waals surface area contributed by atoms with Gasteiger partial charge in [0.05, 0.1) is 12.2 Å². The van der Waals surface area contributed by atoms with E-state index in [-0.39, 0.29) is 11.9 Å². The topological polar surface area (TPSA) is 67.2 Å². The number of aromatic nitrogens is 2. The Kier molecular flexibility index (Phi) is 2.39. The van der Waals surface area contributed by atoms with E-state index in [4.69, 9.17) is 0 Å². The number of hydrogen-bond acceptors (Lipinski definition) is 3. The largest absolute Gasteiger partial charge is 0.325 e. The highest BCUT2D eigenvalue weighted by molar-refractivity contribution is 6.07. The fourth-order valence-electron chi connectivity index (χ4n) is 2.99. The summed E-state index contributed by atoms with van der Waals surface area (Å²) in [6.07, 6.45) is 5.36. The minimum atomic E-state index is -0.616. The van der Waals surface area contributed by atoms with E-state index in [0.29, 0.717) is 6.54 Å². The zero-order valence-corrected chi connectivity index (χ0v) is 10.3. The van der Waals surface area contributed by atoms with E-state index in [0.717, 1.165) is 31.4 Å². The Balaban J connectivity index is 1.89. The lowest BCUT2D eigenvalue weighted by Crippen LogP contribution is -2.46. The highest BCUT2D eigenvalue weighted by Gasteiger charge is 2.54. The number of nitrogens with zero attached hydrogens (tertiary/aromatic N) is 3. The van der Waals surface area contributed by atoms with Gasteiger partial charge >= 0.3 is 6.03 Å². The van der Waals surface area contributed by atoms with Crippen molar-refractivity contribution in [1.29, 1.82) is 0 Å². The van der Waals surface area contributed by atoms with Crippen LogP contribution in [-0.4, -0.2) is 32.2 Å².